The van der Waals surface area contributed by atoms with E-state index in [4.69, 9.17) is 21.4 Å². The molecule has 20 heavy (non-hydrogen) atoms. The second-order valence-corrected chi connectivity index (χ2v) is 5.42. The highest BCUT2D eigenvalue weighted by Gasteiger charge is 2.18. The smallest absolute Gasteiger partial charge is 0.153 e. The van der Waals surface area contributed by atoms with Gasteiger partial charge in [0.1, 0.15) is 17.1 Å². The predicted molar refractivity (Wildman–Crippen MR) is 85.9 cm³/mol. The molecule has 0 aliphatic heterocycles. The quantitative estimate of drug-likeness (QED) is 0.516. The minimum atomic E-state index is 0.0439. The molecule has 0 unspecified atom stereocenters. The van der Waals surface area contributed by atoms with Crippen LogP contribution in [0.5, 0.6) is 11.5 Å². The van der Waals surface area contributed by atoms with Crippen LogP contribution in [0, 0.1) is 0 Å². The first-order valence-electron chi connectivity index (χ1n) is 5.74. The van der Waals surface area contributed by atoms with Gasteiger partial charge in [0.2, 0.25) is 0 Å². The van der Waals surface area contributed by atoms with E-state index in [1.54, 1.807) is 25.3 Å². The largest absolute Gasteiger partial charge is 0.507 e. The monoisotopic (exact) mass is 310 g/mol. The second kappa shape index (κ2) is 6.15. The number of hydrazone groups is 1. The van der Waals surface area contributed by atoms with Gasteiger partial charge in [0, 0.05) is 6.07 Å². The summed E-state index contributed by atoms with van der Waals surface area (Å²) in [6.07, 6.45) is 3.40. The molecule has 2 aromatic rings. The van der Waals surface area contributed by atoms with Crippen LogP contribution in [-0.4, -0.2) is 28.5 Å². The van der Waals surface area contributed by atoms with Gasteiger partial charge in [0.05, 0.1) is 30.0 Å². The zero-order chi connectivity index (χ0) is 14.7. The number of nitrogens with one attached hydrogen (secondary N) is 1. The van der Waals surface area contributed by atoms with Gasteiger partial charge in [0.25, 0.3) is 0 Å². The van der Waals surface area contributed by atoms with Crippen LogP contribution >= 0.6 is 24.0 Å². The lowest BCUT2D eigenvalue weighted by atomic mass is 10.1. The van der Waals surface area contributed by atoms with Crippen LogP contribution in [0.2, 0.25) is 0 Å². The third-order valence-electron chi connectivity index (χ3n) is 2.76. The molecule has 0 spiro atoms. The molecule has 2 rings (SSSR count). The molecule has 1 aromatic heterocycles. The fraction of sp³-hybridized carbons (Fsp3) is 0.231. The van der Waals surface area contributed by atoms with Crippen molar-refractivity contribution in [2.45, 2.75) is 6.92 Å². The minimum absolute atomic E-state index is 0.0439. The summed E-state index contributed by atoms with van der Waals surface area (Å²) in [5.41, 5.74) is 4.38. The average Bonchev–Trinajstić information content (AvgIpc) is 2.90. The highest BCUT2D eigenvalue weighted by molar-refractivity contribution is 8.22. The number of ether oxygens (including phenoxy) is 1. The molecule has 7 heteroatoms. The maximum Gasteiger partial charge on any atom is 0.153 e. The predicted octanol–water partition coefficient (Wildman–Crippen LogP) is 3.11. The number of nitrogens with zero attached hydrogens (tertiary/aromatic N) is 1. The van der Waals surface area contributed by atoms with Gasteiger partial charge in [-0.1, -0.05) is 24.0 Å². The van der Waals surface area contributed by atoms with E-state index < -0.39 is 0 Å². The number of phenols is 1. The van der Waals surface area contributed by atoms with Crippen LogP contribution in [0.3, 0.4) is 0 Å². The normalized spacial score (nSPS) is 11.7. The van der Waals surface area contributed by atoms with Crippen molar-refractivity contribution in [2.24, 2.45) is 5.10 Å². The summed E-state index contributed by atoms with van der Waals surface area (Å²) in [4.78, 5) is 0. The number of rotatable bonds is 3. The molecule has 0 amide bonds. The number of methoxy groups -OCH3 is 1. The molecule has 0 aliphatic rings. The van der Waals surface area contributed by atoms with E-state index in [0.29, 0.717) is 26.9 Å². The van der Waals surface area contributed by atoms with Crippen molar-refractivity contribution < 1.29 is 14.3 Å². The SMILES string of the molecule is COc1c(/C(C)=N/NC(=S)SC)c(O)cc2occc12. The lowest BCUT2D eigenvalue weighted by Gasteiger charge is -2.11. The van der Waals surface area contributed by atoms with Crippen LogP contribution in [-0.2, 0) is 0 Å². The number of fused-ring (bicyclic) bond motifs is 1. The Labute approximate surface area is 126 Å². The number of benzene rings is 1. The Kier molecular flexibility index (Phi) is 4.51. The lowest BCUT2D eigenvalue weighted by molar-refractivity contribution is 0.411. The van der Waals surface area contributed by atoms with Crippen molar-refractivity contribution in [3.63, 3.8) is 0 Å². The van der Waals surface area contributed by atoms with E-state index in [0.717, 1.165) is 5.39 Å². The van der Waals surface area contributed by atoms with Gasteiger partial charge < -0.3 is 14.3 Å². The summed E-state index contributed by atoms with van der Waals surface area (Å²) in [7, 11) is 1.54. The Bertz CT molecular complexity index is 680. The van der Waals surface area contributed by atoms with Gasteiger partial charge >= 0.3 is 0 Å². The summed E-state index contributed by atoms with van der Waals surface area (Å²) in [5.74, 6) is 0.564. The summed E-state index contributed by atoms with van der Waals surface area (Å²) in [5, 5.41) is 15.1. The molecule has 1 heterocycles. The lowest BCUT2D eigenvalue weighted by Crippen LogP contribution is -2.13. The number of phenolic OH excluding ortho intramolecular Hbond substituents is 1. The van der Waals surface area contributed by atoms with Crippen LogP contribution < -0.4 is 10.2 Å². The fourth-order valence-electron chi connectivity index (χ4n) is 1.86. The van der Waals surface area contributed by atoms with Crippen molar-refractivity contribution >= 4 is 45.0 Å². The standard InChI is InChI=1S/C13H14N2O3S2/c1-7(14-15-13(19)20-3)11-9(16)6-10-8(4-5-18-10)12(11)17-2/h4-6,16H,1-3H3,(H,15,19)/b14-7+. The van der Waals surface area contributed by atoms with Crippen molar-refractivity contribution in [1.82, 2.24) is 5.43 Å². The number of thiocarbonyl (C=S) groups is 1. The molecule has 0 fully saturated rings. The summed E-state index contributed by atoms with van der Waals surface area (Å²) in [6, 6.07) is 3.32. The Morgan fingerprint density at radius 2 is 2.30 bits per heavy atom. The zero-order valence-corrected chi connectivity index (χ0v) is 12.9. The second-order valence-electron chi connectivity index (χ2n) is 3.94. The third-order valence-corrected chi connectivity index (χ3v) is 3.81. The van der Waals surface area contributed by atoms with Gasteiger partial charge in [-0.05, 0) is 19.2 Å². The van der Waals surface area contributed by atoms with E-state index in [2.05, 4.69) is 10.5 Å². The molecule has 0 bridgehead atoms. The Hall–Kier alpha value is -1.73. The van der Waals surface area contributed by atoms with Crippen molar-refractivity contribution in [1.29, 1.82) is 0 Å². The minimum Gasteiger partial charge on any atom is -0.507 e. The first-order chi connectivity index (χ1) is 9.58. The summed E-state index contributed by atoms with van der Waals surface area (Å²) >= 11 is 6.40. The van der Waals surface area contributed by atoms with Crippen LogP contribution in [0.4, 0.5) is 0 Å². The molecule has 2 N–H and O–H groups in total. The number of hydrogen-bond donors (Lipinski definition) is 2. The van der Waals surface area contributed by atoms with Crippen LogP contribution in [0.1, 0.15) is 12.5 Å². The van der Waals surface area contributed by atoms with E-state index in [9.17, 15) is 5.11 Å². The molecule has 5 nitrogen and oxygen atoms in total. The van der Waals surface area contributed by atoms with Gasteiger partial charge in [0.15, 0.2) is 4.32 Å². The van der Waals surface area contributed by atoms with Crippen LogP contribution in [0.25, 0.3) is 11.0 Å². The fourth-order valence-corrected chi connectivity index (χ4v) is 2.04. The van der Waals surface area contributed by atoms with Gasteiger partial charge in [-0.3, -0.25) is 5.43 Å². The molecule has 0 saturated carbocycles. The van der Waals surface area contributed by atoms with E-state index in [1.165, 1.54) is 18.9 Å². The highest BCUT2D eigenvalue weighted by atomic mass is 32.2. The molecular formula is C13H14N2O3S2. The number of hydrogen-bond acceptors (Lipinski definition) is 6. The third kappa shape index (κ3) is 2.73. The molecular weight excluding hydrogens is 296 g/mol. The number of furan rings is 1. The average molecular weight is 310 g/mol. The summed E-state index contributed by atoms with van der Waals surface area (Å²) in [6.45, 7) is 1.76. The first kappa shape index (κ1) is 14.7. The molecule has 106 valence electrons. The maximum absolute atomic E-state index is 10.1. The molecule has 0 saturated heterocycles. The van der Waals surface area contributed by atoms with Crippen LogP contribution in [0.15, 0.2) is 27.9 Å². The van der Waals surface area contributed by atoms with E-state index >= 15 is 0 Å². The van der Waals surface area contributed by atoms with Gasteiger partial charge in [-0.25, -0.2) is 0 Å². The number of thioether (sulfide) groups is 1. The maximum atomic E-state index is 10.1. The molecule has 0 radical (unpaired) electrons. The van der Waals surface area contributed by atoms with Gasteiger partial charge in [-0.2, -0.15) is 5.10 Å². The Balaban J connectivity index is 2.52. The Morgan fingerprint density at radius 3 is 2.95 bits per heavy atom. The topological polar surface area (TPSA) is 67.0 Å². The molecule has 1 aromatic carbocycles. The van der Waals surface area contributed by atoms with E-state index in [-0.39, 0.29) is 5.75 Å². The molecule has 0 aliphatic carbocycles. The van der Waals surface area contributed by atoms with Crippen molar-refractivity contribution in [3.8, 4) is 11.5 Å². The van der Waals surface area contributed by atoms with Crippen molar-refractivity contribution in [3.05, 3.63) is 24.0 Å². The summed E-state index contributed by atoms with van der Waals surface area (Å²) < 4.78 is 11.2. The first-order valence-corrected chi connectivity index (χ1v) is 7.37. The zero-order valence-electron chi connectivity index (χ0n) is 11.3. The van der Waals surface area contributed by atoms with Crippen molar-refractivity contribution in [2.75, 3.05) is 13.4 Å². The molecule has 0 atom stereocenters. The highest BCUT2D eigenvalue weighted by Crippen LogP contribution is 2.37. The Morgan fingerprint density at radius 1 is 1.55 bits per heavy atom. The number of aromatic hydroxyl groups is 1. The van der Waals surface area contributed by atoms with E-state index in [1.807, 2.05) is 6.26 Å². The van der Waals surface area contributed by atoms with Gasteiger partial charge in [-0.15, -0.1) is 0 Å².